The van der Waals surface area contributed by atoms with E-state index in [0.29, 0.717) is 45.3 Å². The smallest absolute Gasteiger partial charge is 0.251 e. The first kappa shape index (κ1) is 20.6. The number of amides is 1. The van der Waals surface area contributed by atoms with E-state index in [9.17, 15) is 13.2 Å². The SMILES string of the molecule is CN=C(NCc1cccc(S(N)(=O)=O)c1)N1CCN(C(=O)C2CCCO2)CC1. The molecule has 0 aromatic heterocycles. The number of ether oxygens (including phenoxy) is 1. The highest BCUT2D eigenvalue weighted by Gasteiger charge is 2.30. The Morgan fingerprint density at radius 1 is 1.29 bits per heavy atom. The summed E-state index contributed by atoms with van der Waals surface area (Å²) in [6.07, 6.45) is 1.47. The molecule has 1 amide bonds. The zero-order valence-electron chi connectivity index (χ0n) is 16.0. The van der Waals surface area contributed by atoms with Crippen LogP contribution >= 0.6 is 0 Å². The predicted octanol–water partition coefficient (Wildman–Crippen LogP) is -0.267. The second-order valence-corrected chi connectivity index (χ2v) is 8.47. The van der Waals surface area contributed by atoms with Crippen molar-refractivity contribution in [3.63, 3.8) is 0 Å². The lowest BCUT2D eigenvalue weighted by molar-refractivity contribution is -0.142. The quantitative estimate of drug-likeness (QED) is 0.522. The van der Waals surface area contributed by atoms with Crippen LogP contribution in [0.4, 0.5) is 0 Å². The van der Waals surface area contributed by atoms with Crippen molar-refractivity contribution < 1.29 is 17.9 Å². The standard InChI is InChI=1S/C18H27N5O4S/c1-20-18(21-13-14-4-2-5-15(12-14)28(19,25)26)23-9-7-22(8-10-23)17(24)16-6-3-11-27-16/h2,4-5,12,16H,3,6-11,13H2,1H3,(H,20,21)(H2,19,25,26). The van der Waals surface area contributed by atoms with Gasteiger partial charge in [-0.2, -0.15) is 0 Å². The maximum atomic E-state index is 12.4. The predicted molar refractivity (Wildman–Crippen MR) is 105 cm³/mol. The molecule has 2 fully saturated rings. The second kappa shape index (κ2) is 8.89. The van der Waals surface area contributed by atoms with Crippen LogP contribution < -0.4 is 10.5 Å². The van der Waals surface area contributed by atoms with Crippen molar-refractivity contribution >= 4 is 21.9 Å². The Labute approximate surface area is 165 Å². The van der Waals surface area contributed by atoms with Gasteiger partial charge in [-0.1, -0.05) is 12.1 Å². The monoisotopic (exact) mass is 409 g/mol. The molecule has 0 spiro atoms. The van der Waals surface area contributed by atoms with Gasteiger partial charge in [-0.3, -0.25) is 9.79 Å². The zero-order chi connectivity index (χ0) is 20.1. The summed E-state index contributed by atoms with van der Waals surface area (Å²) >= 11 is 0. The minimum Gasteiger partial charge on any atom is -0.368 e. The molecular weight excluding hydrogens is 382 g/mol. The summed E-state index contributed by atoms with van der Waals surface area (Å²) in [5, 5.41) is 8.43. The van der Waals surface area contributed by atoms with Gasteiger partial charge in [0, 0.05) is 46.4 Å². The molecule has 1 aromatic carbocycles. The van der Waals surface area contributed by atoms with Crippen molar-refractivity contribution in [2.75, 3.05) is 39.8 Å². The Hall–Kier alpha value is -2.17. The number of carbonyl (C=O) groups excluding carboxylic acids is 1. The molecule has 0 radical (unpaired) electrons. The highest BCUT2D eigenvalue weighted by atomic mass is 32.2. The topological polar surface area (TPSA) is 117 Å². The number of carbonyl (C=O) groups is 1. The van der Waals surface area contributed by atoms with E-state index in [1.54, 1.807) is 19.2 Å². The number of primary sulfonamides is 1. The molecule has 0 bridgehead atoms. The van der Waals surface area contributed by atoms with Crippen molar-refractivity contribution in [1.29, 1.82) is 0 Å². The second-order valence-electron chi connectivity index (χ2n) is 6.91. The molecule has 3 rings (SSSR count). The average molecular weight is 410 g/mol. The number of benzene rings is 1. The van der Waals surface area contributed by atoms with E-state index >= 15 is 0 Å². The normalized spacial score (nSPS) is 21.1. The van der Waals surface area contributed by atoms with E-state index in [4.69, 9.17) is 9.88 Å². The van der Waals surface area contributed by atoms with Crippen LogP contribution in [0.1, 0.15) is 18.4 Å². The van der Waals surface area contributed by atoms with Gasteiger partial charge in [0.25, 0.3) is 5.91 Å². The lowest BCUT2D eigenvalue weighted by Crippen LogP contribution is -2.55. The van der Waals surface area contributed by atoms with Crippen LogP contribution in [0.3, 0.4) is 0 Å². The number of piperazine rings is 1. The number of nitrogens with one attached hydrogen (secondary N) is 1. The lowest BCUT2D eigenvalue weighted by Gasteiger charge is -2.37. The van der Waals surface area contributed by atoms with E-state index in [2.05, 4.69) is 15.2 Å². The van der Waals surface area contributed by atoms with Gasteiger partial charge in [0.1, 0.15) is 6.10 Å². The van der Waals surface area contributed by atoms with Gasteiger partial charge in [0.15, 0.2) is 5.96 Å². The third-order valence-electron chi connectivity index (χ3n) is 4.99. The fraction of sp³-hybridized carbons (Fsp3) is 0.556. The number of guanidine groups is 1. The first-order chi connectivity index (χ1) is 13.4. The molecule has 1 aromatic rings. The van der Waals surface area contributed by atoms with E-state index < -0.39 is 10.0 Å². The van der Waals surface area contributed by atoms with Crippen molar-refractivity contribution in [1.82, 2.24) is 15.1 Å². The third-order valence-corrected chi connectivity index (χ3v) is 5.90. The molecule has 0 saturated carbocycles. The van der Waals surface area contributed by atoms with Gasteiger partial charge in [0.05, 0.1) is 4.90 Å². The summed E-state index contributed by atoms with van der Waals surface area (Å²) in [6.45, 7) is 3.69. The molecule has 2 aliphatic rings. The Balaban J connectivity index is 1.53. The van der Waals surface area contributed by atoms with Crippen molar-refractivity contribution in [3.05, 3.63) is 29.8 Å². The van der Waals surface area contributed by atoms with Crippen LogP contribution in [0.15, 0.2) is 34.2 Å². The number of rotatable bonds is 4. The lowest BCUT2D eigenvalue weighted by atomic mass is 10.2. The molecule has 1 atom stereocenters. The molecule has 1 unspecified atom stereocenters. The molecule has 2 aliphatic heterocycles. The van der Waals surface area contributed by atoms with Crippen LogP contribution in [0.25, 0.3) is 0 Å². The highest BCUT2D eigenvalue weighted by Crippen LogP contribution is 2.16. The van der Waals surface area contributed by atoms with Gasteiger partial charge in [-0.05, 0) is 30.5 Å². The maximum absolute atomic E-state index is 12.4. The Morgan fingerprint density at radius 2 is 2.00 bits per heavy atom. The first-order valence-corrected chi connectivity index (χ1v) is 10.9. The van der Waals surface area contributed by atoms with E-state index in [1.807, 2.05) is 11.0 Å². The minimum absolute atomic E-state index is 0.0832. The van der Waals surface area contributed by atoms with E-state index in [-0.39, 0.29) is 16.9 Å². The average Bonchev–Trinajstić information content (AvgIpc) is 3.23. The van der Waals surface area contributed by atoms with Crippen LogP contribution in [0.2, 0.25) is 0 Å². The number of sulfonamides is 1. The molecule has 28 heavy (non-hydrogen) atoms. The van der Waals surface area contributed by atoms with Gasteiger partial charge in [-0.15, -0.1) is 0 Å². The van der Waals surface area contributed by atoms with Crippen LogP contribution in [-0.2, 0) is 26.1 Å². The Bertz CT molecular complexity index is 828. The first-order valence-electron chi connectivity index (χ1n) is 9.36. The number of hydrogen-bond donors (Lipinski definition) is 2. The Morgan fingerprint density at radius 3 is 2.61 bits per heavy atom. The molecule has 9 nitrogen and oxygen atoms in total. The van der Waals surface area contributed by atoms with Crippen molar-refractivity contribution in [2.24, 2.45) is 10.1 Å². The number of aliphatic imine (C=N–C) groups is 1. The summed E-state index contributed by atoms with van der Waals surface area (Å²) < 4.78 is 28.5. The zero-order valence-corrected chi connectivity index (χ0v) is 16.8. The molecule has 3 N–H and O–H groups in total. The fourth-order valence-electron chi connectivity index (χ4n) is 3.46. The van der Waals surface area contributed by atoms with Crippen LogP contribution in [0.5, 0.6) is 0 Å². The summed E-state index contributed by atoms with van der Waals surface area (Å²) in [5.41, 5.74) is 0.792. The van der Waals surface area contributed by atoms with E-state index in [0.717, 1.165) is 18.4 Å². The minimum atomic E-state index is -3.73. The summed E-state index contributed by atoms with van der Waals surface area (Å²) in [4.78, 5) is 20.8. The molecule has 10 heteroatoms. The largest absolute Gasteiger partial charge is 0.368 e. The molecular formula is C18H27N5O4S. The Kier molecular flexibility index (Phi) is 6.53. The van der Waals surface area contributed by atoms with Gasteiger partial charge < -0.3 is 19.9 Å². The third kappa shape index (κ3) is 5.00. The highest BCUT2D eigenvalue weighted by molar-refractivity contribution is 7.89. The summed E-state index contributed by atoms with van der Waals surface area (Å²) in [7, 11) is -2.03. The number of nitrogens with zero attached hydrogens (tertiary/aromatic N) is 3. The fourth-order valence-corrected chi connectivity index (χ4v) is 4.04. The summed E-state index contributed by atoms with van der Waals surface area (Å²) in [6, 6.07) is 6.51. The van der Waals surface area contributed by atoms with Gasteiger partial charge >= 0.3 is 0 Å². The van der Waals surface area contributed by atoms with Gasteiger partial charge in [-0.25, -0.2) is 13.6 Å². The van der Waals surface area contributed by atoms with Crippen molar-refractivity contribution in [3.8, 4) is 0 Å². The molecule has 154 valence electrons. The van der Waals surface area contributed by atoms with Gasteiger partial charge in [0.2, 0.25) is 10.0 Å². The van der Waals surface area contributed by atoms with Crippen LogP contribution in [-0.4, -0.2) is 76.0 Å². The number of nitrogens with two attached hydrogens (primary N) is 1. The molecule has 0 aliphatic carbocycles. The number of hydrogen-bond acceptors (Lipinski definition) is 5. The molecule has 2 saturated heterocycles. The summed E-state index contributed by atoms with van der Waals surface area (Å²) in [5.74, 6) is 0.796. The van der Waals surface area contributed by atoms with E-state index in [1.165, 1.54) is 6.07 Å². The van der Waals surface area contributed by atoms with Crippen molar-refractivity contribution in [2.45, 2.75) is 30.4 Å². The maximum Gasteiger partial charge on any atom is 0.251 e. The molecule has 2 heterocycles. The van der Waals surface area contributed by atoms with Crippen LogP contribution in [0, 0.1) is 0 Å².